The first kappa shape index (κ1) is 22.0. The van der Waals surface area contributed by atoms with Crippen LogP contribution in [0.1, 0.15) is 36.7 Å². The summed E-state index contributed by atoms with van der Waals surface area (Å²) in [5.74, 6) is 3.03. The van der Waals surface area contributed by atoms with Crippen molar-refractivity contribution in [1.29, 1.82) is 0 Å². The zero-order chi connectivity index (χ0) is 24.1. The van der Waals surface area contributed by atoms with Crippen LogP contribution in [0.3, 0.4) is 0 Å². The molecule has 2 fully saturated rings. The number of likely N-dealkylation sites (tertiary alicyclic amines) is 1. The Kier molecular flexibility index (Phi) is 5.40. The molecule has 0 spiro atoms. The van der Waals surface area contributed by atoms with Crippen molar-refractivity contribution in [2.75, 3.05) is 44.3 Å². The topological polar surface area (TPSA) is 94.2 Å². The number of ether oxygens (including phenoxy) is 1. The van der Waals surface area contributed by atoms with Gasteiger partial charge in [-0.25, -0.2) is 9.97 Å². The minimum Gasteiger partial charge on any atom is -0.378 e. The Morgan fingerprint density at radius 1 is 1.09 bits per heavy atom. The number of anilines is 1. The molecule has 2 aliphatic heterocycles. The average molecular weight is 475 g/mol. The quantitative estimate of drug-likeness (QED) is 0.449. The smallest absolute Gasteiger partial charge is 0.289 e. The maximum Gasteiger partial charge on any atom is 0.289 e. The second-order valence-electron chi connectivity index (χ2n) is 9.46. The van der Waals surface area contributed by atoms with Crippen molar-refractivity contribution < 1.29 is 9.53 Å². The third kappa shape index (κ3) is 3.63. The number of amides is 1. The number of aromatic nitrogens is 6. The molecular formula is C25H30N8O2. The lowest BCUT2D eigenvalue weighted by atomic mass is 10.2. The molecule has 0 bridgehead atoms. The van der Waals surface area contributed by atoms with Crippen LogP contribution in [0.4, 0.5) is 5.82 Å². The number of para-hydroxylation sites is 2. The van der Waals surface area contributed by atoms with Gasteiger partial charge in [0.05, 0.1) is 24.2 Å². The fourth-order valence-corrected chi connectivity index (χ4v) is 5.12. The zero-order valence-electron chi connectivity index (χ0n) is 20.4. The number of carbonyl (C=O) groups excluding carboxylic acids is 1. The minimum atomic E-state index is -0.0494. The first-order chi connectivity index (χ1) is 17.0. The van der Waals surface area contributed by atoms with Crippen LogP contribution in [0, 0.1) is 5.92 Å². The van der Waals surface area contributed by atoms with Crippen molar-refractivity contribution in [1.82, 2.24) is 34.0 Å². The predicted molar refractivity (Wildman–Crippen MR) is 133 cm³/mol. The van der Waals surface area contributed by atoms with Gasteiger partial charge in [-0.1, -0.05) is 26.0 Å². The molecule has 6 rings (SSSR count). The van der Waals surface area contributed by atoms with Crippen LogP contribution in [-0.4, -0.2) is 79.3 Å². The van der Waals surface area contributed by atoms with Crippen LogP contribution < -0.4 is 4.90 Å². The molecule has 3 aromatic heterocycles. The highest BCUT2D eigenvalue weighted by molar-refractivity contribution is 5.96. The second kappa shape index (κ2) is 8.60. The van der Waals surface area contributed by atoms with Crippen LogP contribution in [0.25, 0.3) is 28.1 Å². The summed E-state index contributed by atoms with van der Waals surface area (Å²) in [5, 5.41) is 0. The van der Waals surface area contributed by atoms with Gasteiger partial charge in [0.15, 0.2) is 17.0 Å². The van der Waals surface area contributed by atoms with Gasteiger partial charge >= 0.3 is 0 Å². The van der Waals surface area contributed by atoms with Gasteiger partial charge in [0.2, 0.25) is 11.8 Å². The van der Waals surface area contributed by atoms with E-state index in [1.54, 1.807) is 0 Å². The van der Waals surface area contributed by atoms with E-state index in [1.165, 1.54) is 0 Å². The zero-order valence-corrected chi connectivity index (χ0v) is 20.4. The Morgan fingerprint density at radius 3 is 2.63 bits per heavy atom. The van der Waals surface area contributed by atoms with E-state index in [1.807, 2.05) is 45.3 Å². The highest BCUT2D eigenvalue weighted by Gasteiger charge is 2.30. The molecule has 10 heteroatoms. The number of morpholine rings is 1. The molecule has 4 aromatic rings. The van der Waals surface area contributed by atoms with Crippen LogP contribution in [0.2, 0.25) is 0 Å². The number of nitrogens with zero attached hydrogens (tertiary/aromatic N) is 8. The van der Waals surface area contributed by atoms with E-state index in [0.717, 1.165) is 48.6 Å². The summed E-state index contributed by atoms with van der Waals surface area (Å²) >= 11 is 0. The van der Waals surface area contributed by atoms with Crippen LogP contribution in [0.15, 0.2) is 24.3 Å². The number of hydrogen-bond donors (Lipinski definition) is 0. The average Bonchev–Trinajstić information content (AvgIpc) is 3.58. The normalized spacial score (nSPS) is 18.8. The third-order valence-electron chi connectivity index (χ3n) is 7.05. The molecule has 1 aromatic carbocycles. The van der Waals surface area contributed by atoms with E-state index in [0.29, 0.717) is 55.2 Å². The van der Waals surface area contributed by atoms with Crippen molar-refractivity contribution >= 4 is 33.9 Å². The van der Waals surface area contributed by atoms with E-state index in [2.05, 4.69) is 18.7 Å². The van der Waals surface area contributed by atoms with Crippen molar-refractivity contribution in [3.8, 4) is 5.95 Å². The van der Waals surface area contributed by atoms with Crippen molar-refractivity contribution in [3.63, 3.8) is 0 Å². The van der Waals surface area contributed by atoms with Crippen LogP contribution >= 0.6 is 0 Å². The molecule has 1 unspecified atom stereocenters. The summed E-state index contributed by atoms with van der Waals surface area (Å²) in [6.07, 6.45) is 1.76. The first-order valence-electron chi connectivity index (χ1n) is 12.4. The number of carbonyl (C=O) groups is 1. The predicted octanol–water partition coefficient (Wildman–Crippen LogP) is 2.58. The highest BCUT2D eigenvalue weighted by Crippen LogP contribution is 2.29. The van der Waals surface area contributed by atoms with Gasteiger partial charge in [-0.15, -0.1) is 0 Å². The fourth-order valence-electron chi connectivity index (χ4n) is 5.12. The standard InChI is InChI=1S/C25H30N8O2/c1-4-19-26-17-7-5-6-8-18(17)33(19)25-28-21-20(22(29-25)31-11-13-35-14-12-31)27-23(30(21)3)24(34)32-10-9-16(2)15-32/h5-8,16H,4,9-15H2,1-3H3. The van der Waals surface area contributed by atoms with Gasteiger partial charge in [-0.2, -0.15) is 9.97 Å². The summed E-state index contributed by atoms with van der Waals surface area (Å²) in [6, 6.07) is 8.03. The summed E-state index contributed by atoms with van der Waals surface area (Å²) < 4.78 is 9.43. The number of benzene rings is 1. The lowest BCUT2D eigenvalue weighted by Crippen LogP contribution is -2.37. The number of hydrogen-bond acceptors (Lipinski definition) is 7. The Morgan fingerprint density at radius 2 is 1.89 bits per heavy atom. The summed E-state index contributed by atoms with van der Waals surface area (Å²) in [7, 11) is 1.87. The molecule has 0 saturated carbocycles. The van der Waals surface area contributed by atoms with Gasteiger partial charge in [-0.05, 0) is 24.5 Å². The number of imidazole rings is 2. The van der Waals surface area contributed by atoms with E-state index >= 15 is 0 Å². The largest absolute Gasteiger partial charge is 0.378 e. The van der Waals surface area contributed by atoms with Gasteiger partial charge in [0, 0.05) is 39.6 Å². The minimum absolute atomic E-state index is 0.0494. The van der Waals surface area contributed by atoms with Gasteiger partial charge in [-0.3, -0.25) is 9.36 Å². The number of rotatable bonds is 4. The van der Waals surface area contributed by atoms with E-state index in [9.17, 15) is 4.79 Å². The van der Waals surface area contributed by atoms with Crippen LogP contribution in [-0.2, 0) is 18.2 Å². The molecule has 35 heavy (non-hydrogen) atoms. The number of aryl methyl sites for hydroxylation is 2. The van der Waals surface area contributed by atoms with Gasteiger partial charge in [0.25, 0.3) is 5.91 Å². The molecule has 0 N–H and O–H groups in total. The monoisotopic (exact) mass is 474 g/mol. The van der Waals surface area contributed by atoms with Crippen molar-refractivity contribution in [3.05, 3.63) is 35.9 Å². The molecule has 0 aliphatic carbocycles. The Labute approximate surface area is 203 Å². The molecule has 10 nitrogen and oxygen atoms in total. The third-order valence-corrected chi connectivity index (χ3v) is 7.05. The molecule has 1 atom stereocenters. The van der Waals surface area contributed by atoms with E-state index < -0.39 is 0 Å². The molecule has 1 amide bonds. The second-order valence-corrected chi connectivity index (χ2v) is 9.46. The lowest BCUT2D eigenvalue weighted by Gasteiger charge is -2.28. The molecule has 5 heterocycles. The molecule has 2 aliphatic rings. The maximum absolute atomic E-state index is 13.4. The fraction of sp³-hybridized carbons (Fsp3) is 0.480. The number of fused-ring (bicyclic) bond motifs is 2. The van der Waals surface area contributed by atoms with Gasteiger partial charge in [0.1, 0.15) is 5.82 Å². The highest BCUT2D eigenvalue weighted by atomic mass is 16.5. The molecule has 182 valence electrons. The summed E-state index contributed by atoms with van der Waals surface area (Å²) in [6.45, 7) is 8.45. The first-order valence-corrected chi connectivity index (χ1v) is 12.4. The molecular weight excluding hydrogens is 444 g/mol. The summed E-state index contributed by atoms with van der Waals surface area (Å²) in [4.78, 5) is 37.1. The Hall–Kier alpha value is -3.53. The van der Waals surface area contributed by atoms with Crippen molar-refractivity contribution in [2.45, 2.75) is 26.7 Å². The maximum atomic E-state index is 13.4. The van der Waals surface area contributed by atoms with E-state index in [4.69, 9.17) is 24.7 Å². The van der Waals surface area contributed by atoms with Gasteiger partial charge < -0.3 is 19.1 Å². The Bertz CT molecular complexity index is 1420. The Balaban J connectivity index is 1.56. The van der Waals surface area contributed by atoms with Crippen LogP contribution in [0.5, 0.6) is 0 Å². The lowest BCUT2D eigenvalue weighted by molar-refractivity contribution is 0.0773. The van der Waals surface area contributed by atoms with Crippen molar-refractivity contribution in [2.24, 2.45) is 13.0 Å². The SMILES string of the molecule is CCc1nc2ccccc2n1-c1nc(N2CCOCC2)c2nc(C(=O)N3CCC(C)C3)n(C)c2n1. The van der Waals surface area contributed by atoms with E-state index in [-0.39, 0.29) is 5.91 Å². The molecule has 2 saturated heterocycles. The molecule has 0 radical (unpaired) electrons. The summed E-state index contributed by atoms with van der Waals surface area (Å²) in [5.41, 5.74) is 3.16.